The number of carbonyl (C=O) groups excluding carboxylic acids is 2. The monoisotopic (exact) mass is 344 g/mol. The molecule has 1 aromatic carbocycles. The van der Waals surface area contributed by atoms with Crippen LogP contribution in [0.1, 0.15) is 32.1 Å². The lowest BCUT2D eigenvalue weighted by Crippen LogP contribution is -2.44. The molecule has 2 aliphatic rings. The topological polar surface area (TPSA) is 64.7 Å². The number of hydrogen-bond donors (Lipinski definition) is 2. The van der Waals surface area contributed by atoms with Crippen LogP contribution < -0.4 is 15.5 Å². The molecule has 0 spiro atoms. The summed E-state index contributed by atoms with van der Waals surface area (Å²) in [6.07, 6.45) is 5.25. The van der Waals surface area contributed by atoms with E-state index < -0.39 is 0 Å². The van der Waals surface area contributed by atoms with Gasteiger partial charge in [-0.15, -0.1) is 0 Å². The SMILES string of the molecule is O=C(NCCCN1CCCCC1)N[C@H]1CC(=O)N(c2ccccc2)C1. The van der Waals surface area contributed by atoms with Crippen molar-refractivity contribution in [3.8, 4) is 0 Å². The molecule has 0 unspecified atom stereocenters. The molecule has 6 heteroatoms. The Hall–Kier alpha value is -2.08. The van der Waals surface area contributed by atoms with Crippen LogP contribution in [0.2, 0.25) is 0 Å². The van der Waals surface area contributed by atoms with E-state index in [2.05, 4.69) is 15.5 Å². The molecule has 0 radical (unpaired) electrons. The number of para-hydroxylation sites is 1. The summed E-state index contributed by atoms with van der Waals surface area (Å²) < 4.78 is 0. The van der Waals surface area contributed by atoms with Crippen molar-refractivity contribution in [3.05, 3.63) is 30.3 Å². The van der Waals surface area contributed by atoms with Gasteiger partial charge in [-0.25, -0.2) is 4.79 Å². The van der Waals surface area contributed by atoms with Gasteiger partial charge in [-0.1, -0.05) is 24.6 Å². The molecule has 2 heterocycles. The highest BCUT2D eigenvalue weighted by atomic mass is 16.2. The molecule has 1 aromatic rings. The fourth-order valence-corrected chi connectivity index (χ4v) is 3.59. The van der Waals surface area contributed by atoms with Crippen LogP contribution in [0, 0.1) is 0 Å². The number of nitrogens with one attached hydrogen (secondary N) is 2. The van der Waals surface area contributed by atoms with E-state index in [0.29, 0.717) is 19.5 Å². The van der Waals surface area contributed by atoms with E-state index in [1.807, 2.05) is 30.3 Å². The first-order chi connectivity index (χ1) is 12.2. The van der Waals surface area contributed by atoms with Gasteiger partial charge in [-0.05, 0) is 51.0 Å². The van der Waals surface area contributed by atoms with E-state index in [-0.39, 0.29) is 18.0 Å². The third-order valence-corrected chi connectivity index (χ3v) is 4.91. The van der Waals surface area contributed by atoms with E-state index in [1.165, 1.54) is 32.4 Å². The number of nitrogens with zero attached hydrogens (tertiary/aromatic N) is 2. The van der Waals surface area contributed by atoms with Crippen LogP contribution in [-0.2, 0) is 4.79 Å². The predicted molar refractivity (Wildman–Crippen MR) is 98.6 cm³/mol. The number of likely N-dealkylation sites (tertiary alicyclic amines) is 1. The Morgan fingerprint density at radius 2 is 1.88 bits per heavy atom. The maximum Gasteiger partial charge on any atom is 0.315 e. The Bertz CT molecular complexity index is 572. The standard InChI is InChI=1S/C19H28N4O2/c24-18-14-16(15-23(18)17-8-3-1-4-9-17)21-19(25)20-10-7-13-22-11-5-2-6-12-22/h1,3-4,8-9,16H,2,5-7,10-15H2,(H2,20,21,25)/t16-/m0/s1. The zero-order valence-corrected chi connectivity index (χ0v) is 14.7. The average molecular weight is 344 g/mol. The molecule has 3 rings (SSSR count). The number of amides is 3. The maximum absolute atomic E-state index is 12.2. The summed E-state index contributed by atoms with van der Waals surface area (Å²) in [5.41, 5.74) is 0.888. The summed E-state index contributed by atoms with van der Waals surface area (Å²) in [6, 6.07) is 9.29. The minimum Gasteiger partial charge on any atom is -0.338 e. The first kappa shape index (κ1) is 17.7. The molecular weight excluding hydrogens is 316 g/mol. The molecule has 1 atom stereocenters. The van der Waals surface area contributed by atoms with Crippen molar-refractivity contribution >= 4 is 17.6 Å². The van der Waals surface area contributed by atoms with Gasteiger partial charge in [0.15, 0.2) is 0 Å². The zero-order valence-electron chi connectivity index (χ0n) is 14.7. The lowest BCUT2D eigenvalue weighted by atomic mass is 10.1. The first-order valence-electron chi connectivity index (χ1n) is 9.34. The lowest BCUT2D eigenvalue weighted by Gasteiger charge is -2.26. The van der Waals surface area contributed by atoms with Gasteiger partial charge in [0.25, 0.3) is 0 Å². The number of benzene rings is 1. The van der Waals surface area contributed by atoms with Crippen molar-refractivity contribution in [2.24, 2.45) is 0 Å². The summed E-state index contributed by atoms with van der Waals surface area (Å²) in [5.74, 6) is 0.0570. The van der Waals surface area contributed by atoms with Gasteiger partial charge in [-0.3, -0.25) is 4.79 Å². The molecule has 0 bridgehead atoms. The molecule has 2 saturated heterocycles. The summed E-state index contributed by atoms with van der Waals surface area (Å²) in [7, 11) is 0. The highest BCUT2D eigenvalue weighted by Crippen LogP contribution is 2.20. The number of rotatable bonds is 6. The van der Waals surface area contributed by atoms with Crippen molar-refractivity contribution in [3.63, 3.8) is 0 Å². The van der Waals surface area contributed by atoms with E-state index in [1.54, 1.807) is 4.90 Å². The van der Waals surface area contributed by atoms with Crippen LogP contribution in [0.15, 0.2) is 30.3 Å². The third-order valence-electron chi connectivity index (χ3n) is 4.91. The Labute approximate surface area is 149 Å². The van der Waals surface area contributed by atoms with Gasteiger partial charge >= 0.3 is 6.03 Å². The molecule has 0 saturated carbocycles. The second kappa shape index (κ2) is 8.85. The summed E-state index contributed by atoms with van der Waals surface area (Å²) in [6.45, 7) is 4.62. The lowest BCUT2D eigenvalue weighted by molar-refractivity contribution is -0.117. The van der Waals surface area contributed by atoms with Crippen LogP contribution >= 0.6 is 0 Å². The van der Waals surface area contributed by atoms with Crippen molar-refractivity contribution in [2.75, 3.05) is 37.6 Å². The van der Waals surface area contributed by atoms with E-state index in [0.717, 1.165) is 18.7 Å². The fourth-order valence-electron chi connectivity index (χ4n) is 3.59. The normalized spacial score (nSPS) is 21.4. The molecule has 0 aromatic heterocycles. The molecule has 136 valence electrons. The Balaban J connectivity index is 1.35. The first-order valence-corrected chi connectivity index (χ1v) is 9.34. The molecule has 0 aliphatic carbocycles. The van der Waals surface area contributed by atoms with Gasteiger partial charge in [0.1, 0.15) is 0 Å². The van der Waals surface area contributed by atoms with E-state index in [9.17, 15) is 9.59 Å². The highest BCUT2D eigenvalue weighted by molar-refractivity contribution is 5.96. The zero-order chi connectivity index (χ0) is 17.5. The average Bonchev–Trinajstić information content (AvgIpc) is 3.00. The van der Waals surface area contributed by atoms with Crippen molar-refractivity contribution in [1.29, 1.82) is 0 Å². The Morgan fingerprint density at radius 1 is 1.12 bits per heavy atom. The van der Waals surface area contributed by atoms with Crippen LogP contribution in [-0.4, -0.2) is 55.6 Å². The van der Waals surface area contributed by atoms with Gasteiger partial charge in [-0.2, -0.15) is 0 Å². The molecule has 2 aliphatic heterocycles. The largest absolute Gasteiger partial charge is 0.338 e. The number of urea groups is 1. The molecule has 3 amide bonds. The number of piperidine rings is 1. The van der Waals surface area contributed by atoms with E-state index in [4.69, 9.17) is 0 Å². The van der Waals surface area contributed by atoms with Gasteiger partial charge in [0.05, 0.1) is 6.04 Å². The molecular formula is C19H28N4O2. The maximum atomic E-state index is 12.2. The molecule has 2 fully saturated rings. The molecule has 2 N–H and O–H groups in total. The van der Waals surface area contributed by atoms with Crippen LogP contribution in [0.3, 0.4) is 0 Å². The Morgan fingerprint density at radius 3 is 2.64 bits per heavy atom. The second-order valence-corrected chi connectivity index (χ2v) is 6.90. The summed E-state index contributed by atoms with van der Waals surface area (Å²) in [5, 5.41) is 5.83. The number of carbonyl (C=O) groups is 2. The van der Waals surface area contributed by atoms with Crippen molar-refractivity contribution in [1.82, 2.24) is 15.5 Å². The number of anilines is 1. The minimum absolute atomic E-state index is 0.0570. The number of hydrogen-bond acceptors (Lipinski definition) is 3. The molecule has 6 nitrogen and oxygen atoms in total. The third kappa shape index (κ3) is 5.19. The van der Waals surface area contributed by atoms with Crippen LogP contribution in [0.25, 0.3) is 0 Å². The smallest absolute Gasteiger partial charge is 0.315 e. The van der Waals surface area contributed by atoms with Crippen molar-refractivity contribution < 1.29 is 9.59 Å². The fraction of sp³-hybridized carbons (Fsp3) is 0.579. The minimum atomic E-state index is -0.175. The predicted octanol–water partition coefficient (Wildman–Crippen LogP) is 1.97. The van der Waals surface area contributed by atoms with Crippen LogP contribution in [0.4, 0.5) is 10.5 Å². The van der Waals surface area contributed by atoms with Gasteiger partial charge in [0.2, 0.25) is 5.91 Å². The van der Waals surface area contributed by atoms with Gasteiger partial charge < -0.3 is 20.4 Å². The molecule has 25 heavy (non-hydrogen) atoms. The summed E-state index contributed by atoms with van der Waals surface area (Å²) >= 11 is 0. The quantitative estimate of drug-likeness (QED) is 0.776. The van der Waals surface area contributed by atoms with Crippen molar-refractivity contribution in [2.45, 2.75) is 38.1 Å². The van der Waals surface area contributed by atoms with Crippen LogP contribution in [0.5, 0.6) is 0 Å². The Kier molecular flexibility index (Phi) is 6.28. The van der Waals surface area contributed by atoms with Gasteiger partial charge in [0, 0.05) is 25.2 Å². The summed E-state index contributed by atoms with van der Waals surface area (Å²) in [4.78, 5) is 28.4. The van der Waals surface area contributed by atoms with E-state index >= 15 is 0 Å². The second-order valence-electron chi connectivity index (χ2n) is 6.90. The highest BCUT2D eigenvalue weighted by Gasteiger charge is 2.31.